The van der Waals surface area contributed by atoms with E-state index in [1.165, 1.54) is 19.2 Å². The Morgan fingerprint density at radius 2 is 1.95 bits per heavy atom. The first-order chi connectivity index (χ1) is 9.92. The second kappa shape index (κ2) is 8.36. The van der Waals surface area contributed by atoms with Gasteiger partial charge in [0.25, 0.3) is 0 Å². The van der Waals surface area contributed by atoms with E-state index < -0.39 is 0 Å². The van der Waals surface area contributed by atoms with Gasteiger partial charge in [0.05, 0.1) is 19.6 Å². The highest BCUT2D eigenvalue weighted by molar-refractivity contribution is 5.78. The van der Waals surface area contributed by atoms with Gasteiger partial charge in [-0.3, -0.25) is 14.5 Å². The van der Waals surface area contributed by atoms with Crippen LogP contribution in [0.4, 0.5) is 4.39 Å². The second-order valence-electron chi connectivity index (χ2n) is 5.02. The molecular formula is C15H21FN2O3. The van der Waals surface area contributed by atoms with Crippen molar-refractivity contribution in [2.75, 3.05) is 27.2 Å². The molecule has 1 N–H and O–H groups in total. The molecule has 0 heterocycles. The molecule has 0 fully saturated rings. The van der Waals surface area contributed by atoms with Crippen molar-refractivity contribution in [1.29, 1.82) is 0 Å². The Kier molecular flexibility index (Phi) is 6.81. The number of amides is 1. The number of halogens is 1. The van der Waals surface area contributed by atoms with Gasteiger partial charge in [0.1, 0.15) is 5.82 Å². The summed E-state index contributed by atoms with van der Waals surface area (Å²) in [4.78, 5) is 24.8. The summed E-state index contributed by atoms with van der Waals surface area (Å²) in [6.45, 7) is 2.72. The molecule has 6 heteroatoms. The van der Waals surface area contributed by atoms with Gasteiger partial charge >= 0.3 is 5.97 Å². The quantitative estimate of drug-likeness (QED) is 0.768. The van der Waals surface area contributed by atoms with Gasteiger partial charge in [-0.1, -0.05) is 19.1 Å². The molecule has 0 aliphatic carbocycles. The van der Waals surface area contributed by atoms with E-state index in [0.29, 0.717) is 13.1 Å². The molecule has 1 amide bonds. The van der Waals surface area contributed by atoms with E-state index in [0.717, 1.165) is 5.56 Å². The third-order valence-electron chi connectivity index (χ3n) is 3.01. The molecule has 1 rings (SSSR count). The van der Waals surface area contributed by atoms with Gasteiger partial charge in [-0.2, -0.15) is 0 Å². The third-order valence-corrected chi connectivity index (χ3v) is 3.01. The fraction of sp³-hybridized carbons (Fsp3) is 0.467. The zero-order valence-electron chi connectivity index (χ0n) is 12.6. The topological polar surface area (TPSA) is 58.6 Å². The van der Waals surface area contributed by atoms with Crippen LogP contribution in [0.15, 0.2) is 24.3 Å². The van der Waals surface area contributed by atoms with Gasteiger partial charge in [0.2, 0.25) is 5.91 Å². The molecule has 0 bridgehead atoms. The zero-order chi connectivity index (χ0) is 15.8. The van der Waals surface area contributed by atoms with Gasteiger partial charge in [-0.05, 0) is 24.7 Å². The third kappa shape index (κ3) is 6.35. The largest absolute Gasteiger partial charge is 0.469 e. The summed E-state index contributed by atoms with van der Waals surface area (Å²) in [6, 6.07) is 5.95. The number of hydrogen-bond acceptors (Lipinski definition) is 4. The summed E-state index contributed by atoms with van der Waals surface area (Å²) in [5.74, 6) is -1.04. The number of methoxy groups -OCH3 is 1. The second-order valence-corrected chi connectivity index (χ2v) is 5.02. The lowest BCUT2D eigenvalue weighted by Crippen LogP contribution is -2.38. The van der Waals surface area contributed by atoms with Crippen molar-refractivity contribution in [2.24, 2.45) is 5.92 Å². The van der Waals surface area contributed by atoms with Crippen LogP contribution in [0.2, 0.25) is 0 Å². The fourth-order valence-corrected chi connectivity index (χ4v) is 1.91. The highest BCUT2D eigenvalue weighted by atomic mass is 19.1. The summed E-state index contributed by atoms with van der Waals surface area (Å²) in [6.07, 6.45) is 0. The van der Waals surface area contributed by atoms with Crippen LogP contribution in [0.5, 0.6) is 0 Å². The molecule has 21 heavy (non-hydrogen) atoms. The minimum Gasteiger partial charge on any atom is -0.469 e. The van der Waals surface area contributed by atoms with Crippen molar-refractivity contribution in [1.82, 2.24) is 10.2 Å². The number of carbonyl (C=O) groups is 2. The van der Waals surface area contributed by atoms with Crippen molar-refractivity contribution < 1.29 is 18.7 Å². The number of rotatable bonds is 7. The van der Waals surface area contributed by atoms with Crippen molar-refractivity contribution in [3.05, 3.63) is 35.6 Å². The number of carbonyl (C=O) groups excluding carboxylic acids is 2. The molecule has 116 valence electrons. The minimum absolute atomic E-state index is 0.154. The van der Waals surface area contributed by atoms with E-state index in [1.54, 1.807) is 31.0 Å². The monoisotopic (exact) mass is 296 g/mol. The Labute approximate surface area is 124 Å². The Morgan fingerprint density at radius 1 is 1.33 bits per heavy atom. The lowest BCUT2D eigenvalue weighted by molar-refractivity contribution is -0.145. The zero-order valence-corrected chi connectivity index (χ0v) is 12.6. The van der Waals surface area contributed by atoms with Crippen molar-refractivity contribution in [3.63, 3.8) is 0 Å². The van der Waals surface area contributed by atoms with E-state index in [2.05, 4.69) is 10.1 Å². The summed E-state index contributed by atoms with van der Waals surface area (Å²) < 4.78 is 17.4. The van der Waals surface area contributed by atoms with Crippen LogP contribution >= 0.6 is 0 Å². The molecule has 1 atom stereocenters. The molecule has 0 aromatic heterocycles. The van der Waals surface area contributed by atoms with E-state index in [9.17, 15) is 14.0 Å². The normalized spacial score (nSPS) is 12.0. The molecule has 0 saturated carbocycles. The maximum Gasteiger partial charge on any atom is 0.309 e. The molecule has 1 aromatic carbocycles. The predicted molar refractivity (Wildman–Crippen MR) is 76.9 cm³/mol. The number of esters is 1. The van der Waals surface area contributed by atoms with E-state index >= 15 is 0 Å². The Morgan fingerprint density at radius 3 is 2.52 bits per heavy atom. The molecule has 5 nitrogen and oxygen atoms in total. The number of nitrogens with one attached hydrogen (secondary N) is 1. The van der Waals surface area contributed by atoms with E-state index in [1.807, 2.05) is 0 Å². The average Bonchev–Trinajstić information content (AvgIpc) is 2.45. The number of hydrogen-bond donors (Lipinski definition) is 1. The summed E-state index contributed by atoms with van der Waals surface area (Å²) in [5, 5.41) is 2.75. The van der Waals surface area contributed by atoms with Crippen LogP contribution < -0.4 is 5.32 Å². The Balaban J connectivity index is 2.32. The SMILES string of the molecule is COC(=O)C(C)CN(C)CC(=O)NCc1ccc(F)cc1. The predicted octanol–water partition coefficient (Wildman–Crippen LogP) is 1.18. The van der Waals surface area contributed by atoms with Crippen LogP contribution in [-0.4, -0.2) is 44.0 Å². The molecule has 0 aliphatic rings. The van der Waals surface area contributed by atoms with Crippen molar-refractivity contribution >= 4 is 11.9 Å². The first-order valence-electron chi connectivity index (χ1n) is 6.70. The molecule has 0 saturated heterocycles. The first kappa shape index (κ1) is 17.1. The van der Waals surface area contributed by atoms with Gasteiger partial charge in [0, 0.05) is 13.1 Å². The van der Waals surface area contributed by atoms with Gasteiger partial charge in [-0.15, -0.1) is 0 Å². The van der Waals surface area contributed by atoms with Crippen LogP contribution in [0.3, 0.4) is 0 Å². The lowest BCUT2D eigenvalue weighted by Gasteiger charge is -2.19. The summed E-state index contributed by atoms with van der Waals surface area (Å²) >= 11 is 0. The maximum absolute atomic E-state index is 12.7. The van der Waals surface area contributed by atoms with Gasteiger partial charge in [-0.25, -0.2) is 4.39 Å². The fourth-order valence-electron chi connectivity index (χ4n) is 1.91. The number of nitrogens with zero attached hydrogens (tertiary/aromatic N) is 1. The lowest BCUT2D eigenvalue weighted by atomic mass is 10.2. The highest BCUT2D eigenvalue weighted by Crippen LogP contribution is 2.03. The highest BCUT2D eigenvalue weighted by Gasteiger charge is 2.16. The van der Waals surface area contributed by atoms with Crippen LogP contribution in [0, 0.1) is 11.7 Å². The molecule has 1 aromatic rings. The molecule has 0 spiro atoms. The molecule has 0 radical (unpaired) electrons. The number of benzene rings is 1. The first-order valence-corrected chi connectivity index (χ1v) is 6.70. The molecule has 0 aliphatic heterocycles. The van der Waals surface area contributed by atoms with Crippen molar-refractivity contribution in [2.45, 2.75) is 13.5 Å². The molecular weight excluding hydrogens is 275 g/mol. The standard InChI is InChI=1S/C15H21FN2O3/c1-11(15(20)21-3)9-18(2)10-14(19)17-8-12-4-6-13(16)7-5-12/h4-7,11H,8-10H2,1-3H3,(H,17,19). The smallest absolute Gasteiger partial charge is 0.309 e. The minimum atomic E-state index is -0.304. The average molecular weight is 296 g/mol. The van der Waals surface area contributed by atoms with Crippen LogP contribution in [0.25, 0.3) is 0 Å². The van der Waals surface area contributed by atoms with E-state index in [4.69, 9.17) is 0 Å². The van der Waals surface area contributed by atoms with E-state index in [-0.39, 0.29) is 30.2 Å². The number of likely N-dealkylation sites (N-methyl/N-ethyl adjacent to an activating group) is 1. The van der Waals surface area contributed by atoms with Gasteiger partial charge in [0.15, 0.2) is 0 Å². The van der Waals surface area contributed by atoms with Gasteiger partial charge < -0.3 is 10.1 Å². The van der Waals surface area contributed by atoms with Crippen LogP contribution in [0.1, 0.15) is 12.5 Å². The van der Waals surface area contributed by atoms with Crippen LogP contribution in [-0.2, 0) is 20.9 Å². The Hall–Kier alpha value is -1.95. The van der Waals surface area contributed by atoms with Crippen molar-refractivity contribution in [3.8, 4) is 0 Å². The summed E-state index contributed by atoms with van der Waals surface area (Å²) in [7, 11) is 3.10. The molecule has 1 unspecified atom stereocenters. The summed E-state index contributed by atoms with van der Waals surface area (Å²) in [5.41, 5.74) is 0.829. The number of ether oxygens (including phenoxy) is 1. The maximum atomic E-state index is 12.7. The Bertz CT molecular complexity index is 476.